The quantitative estimate of drug-likeness (QED) is 0.182. The van der Waals surface area contributed by atoms with Crippen LogP contribution in [0.4, 0.5) is 21.9 Å². The van der Waals surface area contributed by atoms with Crippen molar-refractivity contribution in [2.75, 3.05) is 42.5 Å². The van der Waals surface area contributed by atoms with Gasteiger partial charge in [-0.05, 0) is 68.1 Å². The number of benzene rings is 2. The first kappa shape index (κ1) is 31.7. The van der Waals surface area contributed by atoms with Crippen LogP contribution >= 0.6 is 11.6 Å². The summed E-state index contributed by atoms with van der Waals surface area (Å²) in [5.41, 5.74) is 10.2. The third-order valence-corrected chi connectivity index (χ3v) is 8.01. The summed E-state index contributed by atoms with van der Waals surface area (Å²) in [6, 6.07) is 16.8. The molecule has 2 aromatic heterocycles. The Labute approximate surface area is 266 Å². The number of amides is 3. The van der Waals surface area contributed by atoms with Crippen LogP contribution in [0.3, 0.4) is 0 Å². The van der Waals surface area contributed by atoms with Gasteiger partial charge in [-0.3, -0.25) is 14.6 Å². The van der Waals surface area contributed by atoms with Crippen molar-refractivity contribution in [3.05, 3.63) is 87.9 Å². The van der Waals surface area contributed by atoms with Crippen LogP contribution in [0.2, 0.25) is 5.02 Å². The summed E-state index contributed by atoms with van der Waals surface area (Å²) in [6.07, 6.45) is 6.34. The molecule has 234 valence electrons. The van der Waals surface area contributed by atoms with Gasteiger partial charge in [-0.15, -0.1) is 0 Å². The molecule has 1 aliphatic heterocycles. The minimum atomic E-state index is -0.680. The number of hydrogen-bond donors (Lipinski definition) is 4. The van der Waals surface area contributed by atoms with Crippen molar-refractivity contribution in [2.45, 2.75) is 39.2 Å². The maximum Gasteiger partial charge on any atom is 0.323 e. The summed E-state index contributed by atoms with van der Waals surface area (Å²) >= 11 is 6.12. The molecular weight excluding hydrogens is 592 g/mol. The number of rotatable bonds is 11. The average molecular weight is 629 g/mol. The van der Waals surface area contributed by atoms with Crippen molar-refractivity contribution in [1.29, 1.82) is 0 Å². The first-order valence-corrected chi connectivity index (χ1v) is 15.5. The second-order valence-corrected chi connectivity index (χ2v) is 11.3. The molecule has 1 saturated heterocycles. The minimum absolute atomic E-state index is 0.0536. The maximum atomic E-state index is 13.0. The lowest BCUT2D eigenvalue weighted by Gasteiger charge is -2.14. The Morgan fingerprint density at radius 2 is 1.73 bits per heavy atom. The highest BCUT2D eigenvalue weighted by molar-refractivity contribution is 6.34. The topological polar surface area (TPSA) is 147 Å². The number of aryl methyl sites for hydroxylation is 2. The second-order valence-electron chi connectivity index (χ2n) is 10.9. The molecule has 0 spiro atoms. The lowest BCUT2D eigenvalue weighted by molar-refractivity contribution is -0.121. The van der Waals surface area contributed by atoms with E-state index in [1.165, 1.54) is 29.9 Å². The Bertz CT molecular complexity index is 1700. The molecule has 11 nitrogen and oxygen atoms in total. The third-order valence-electron chi connectivity index (χ3n) is 7.72. The number of nitrogens with zero attached hydrogens (tertiary/aromatic N) is 4. The van der Waals surface area contributed by atoms with Crippen LogP contribution in [0.15, 0.2) is 71.8 Å². The van der Waals surface area contributed by atoms with E-state index in [1.807, 2.05) is 48.5 Å². The fourth-order valence-corrected chi connectivity index (χ4v) is 5.48. The first-order chi connectivity index (χ1) is 21.8. The number of aromatic nitrogens is 3. The van der Waals surface area contributed by atoms with Crippen LogP contribution in [-0.2, 0) is 17.8 Å². The summed E-state index contributed by atoms with van der Waals surface area (Å²) in [4.78, 5) is 44.4. The number of urea groups is 1. The molecular formula is C33H37ClN8O3. The molecule has 5 N–H and O–H groups in total. The smallest absolute Gasteiger partial charge is 0.323 e. The number of carbonyl (C=O) groups excluding carboxylic acids is 2. The van der Waals surface area contributed by atoms with E-state index < -0.39 is 11.6 Å². The molecule has 2 aromatic carbocycles. The van der Waals surface area contributed by atoms with E-state index in [2.05, 4.69) is 30.9 Å². The van der Waals surface area contributed by atoms with Gasteiger partial charge in [0.15, 0.2) is 0 Å². The fourth-order valence-electron chi connectivity index (χ4n) is 5.26. The number of likely N-dealkylation sites (tertiary alicyclic amines) is 1. The molecule has 1 fully saturated rings. The lowest BCUT2D eigenvalue weighted by Crippen LogP contribution is -2.33. The Balaban J connectivity index is 1.25. The summed E-state index contributed by atoms with van der Waals surface area (Å²) < 4.78 is 1.29. The predicted octanol–water partition coefficient (Wildman–Crippen LogP) is 5.02. The van der Waals surface area contributed by atoms with Crippen molar-refractivity contribution in [3.63, 3.8) is 0 Å². The summed E-state index contributed by atoms with van der Waals surface area (Å²) in [7, 11) is 0. The van der Waals surface area contributed by atoms with Crippen LogP contribution in [0, 0.1) is 0 Å². The summed E-state index contributed by atoms with van der Waals surface area (Å²) in [5.74, 6) is 0.0727. The Hall–Kier alpha value is -4.74. The molecule has 0 radical (unpaired) electrons. The molecule has 12 heteroatoms. The van der Waals surface area contributed by atoms with Crippen molar-refractivity contribution in [1.82, 2.24) is 25.0 Å². The number of nitrogens with two attached hydrogens (primary N) is 1. The maximum absolute atomic E-state index is 13.0. The molecule has 1 aliphatic rings. The number of nitrogens with one attached hydrogen (secondary N) is 3. The summed E-state index contributed by atoms with van der Waals surface area (Å²) in [6.45, 7) is 5.98. The fraction of sp³-hybridized carbons (Fsp3) is 0.303. The summed E-state index contributed by atoms with van der Waals surface area (Å²) in [5, 5.41) is 12.9. The highest BCUT2D eigenvalue weighted by atomic mass is 35.5. The highest BCUT2D eigenvalue weighted by Crippen LogP contribution is 2.28. The van der Waals surface area contributed by atoms with Gasteiger partial charge in [0.05, 0.1) is 28.3 Å². The molecule has 45 heavy (non-hydrogen) atoms. The van der Waals surface area contributed by atoms with Gasteiger partial charge in [0.1, 0.15) is 5.69 Å². The molecule has 0 saturated carbocycles. The van der Waals surface area contributed by atoms with Gasteiger partial charge in [-0.25, -0.2) is 9.48 Å². The van der Waals surface area contributed by atoms with Crippen molar-refractivity contribution >= 4 is 40.6 Å². The van der Waals surface area contributed by atoms with Crippen LogP contribution in [0.1, 0.15) is 31.7 Å². The van der Waals surface area contributed by atoms with E-state index in [4.69, 9.17) is 17.3 Å². The first-order valence-electron chi connectivity index (χ1n) is 15.1. The largest absolute Gasteiger partial charge is 0.396 e. The van der Waals surface area contributed by atoms with Gasteiger partial charge in [0.2, 0.25) is 5.91 Å². The van der Waals surface area contributed by atoms with Crippen LogP contribution < -0.4 is 27.2 Å². The van der Waals surface area contributed by atoms with Crippen molar-refractivity contribution in [2.24, 2.45) is 0 Å². The Morgan fingerprint density at radius 3 is 2.47 bits per heavy atom. The van der Waals surface area contributed by atoms with Crippen LogP contribution in [0.25, 0.3) is 22.4 Å². The monoisotopic (exact) mass is 628 g/mol. The van der Waals surface area contributed by atoms with Gasteiger partial charge in [-0.2, -0.15) is 5.10 Å². The zero-order chi connectivity index (χ0) is 31.8. The lowest BCUT2D eigenvalue weighted by atomic mass is 9.99. The molecule has 0 atom stereocenters. The third kappa shape index (κ3) is 8.25. The average Bonchev–Trinajstić information content (AvgIpc) is 3.57. The standard InChI is InChI=1S/C33H37ClN8O3/c1-2-42-32(44)29(38-33(45)39-31-26(34)20-36-21-27(31)35)19-28(40-42)25-7-5-6-24(18-25)23-11-8-22(9-12-23)10-13-30(43)37-14-17-41-15-3-4-16-41/h5-9,11-12,18-21H,2-4,10,13-17,35H2,1H3,(H,37,43)(H2,36,38,39,45). The van der Waals surface area contributed by atoms with E-state index in [1.54, 1.807) is 13.0 Å². The Morgan fingerprint density at radius 1 is 0.978 bits per heavy atom. The predicted molar refractivity (Wildman–Crippen MR) is 178 cm³/mol. The number of nitrogen functional groups attached to an aromatic ring is 1. The van der Waals surface area contributed by atoms with Gasteiger partial charge in [-0.1, -0.05) is 54.1 Å². The molecule has 0 unspecified atom stereocenters. The SMILES string of the molecule is CCn1nc(-c2cccc(-c3ccc(CCC(=O)NCCN4CCCC4)cc3)c2)cc(NC(=O)Nc2c(N)cncc2Cl)c1=O. The molecule has 5 rings (SSSR count). The van der Waals surface area contributed by atoms with Crippen LogP contribution in [-0.4, -0.2) is 57.8 Å². The van der Waals surface area contributed by atoms with E-state index >= 15 is 0 Å². The zero-order valence-corrected chi connectivity index (χ0v) is 25.9. The molecule has 4 aromatic rings. The van der Waals surface area contributed by atoms with E-state index in [0.717, 1.165) is 41.9 Å². The van der Waals surface area contributed by atoms with Gasteiger partial charge in [0.25, 0.3) is 5.56 Å². The second kappa shape index (κ2) is 14.8. The Kier molecular flexibility index (Phi) is 10.4. The number of hydrogen-bond acceptors (Lipinski definition) is 7. The van der Waals surface area contributed by atoms with Crippen molar-refractivity contribution < 1.29 is 9.59 Å². The number of halogens is 1. The van der Waals surface area contributed by atoms with E-state index in [0.29, 0.717) is 31.6 Å². The normalized spacial score (nSPS) is 13.0. The van der Waals surface area contributed by atoms with Gasteiger partial charge >= 0.3 is 6.03 Å². The molecule has 3 amide bonds. The van der Waals surface area contributed by atoms with Gasteiger partial charge in [0, 0.05) is 37.8 Å². The van der Waals surface area contributed by atoms with E-state index in [-0.39, 0.29) is 28.0 Å². The molecule has 3 heterocycles. The molecule has 0 bridgehead atoms. The molecule has 0 aliphatic carbocycles. The number of anilines is 3. The minimum Gasteiger partial charge on any atom is -0.396 e. The zero-order valence-electron chi connectivity index (χ0n) is 25.2. The highest BCUT2D eigenvalue weighted by Gasteiger charge is 2.15. The van der Waals surface area contributed by atoms with Gasteiger partial charge < -0.3 is 26.6 Å². The van der Waals surface area contributed by atoms with Crippen LogP contribution in [0.5, 0.6) is 0 Å². The van der Waals surface area contributed by atoms with Crippen molar-refractivity contribution in [3.8, 4) is 22.4 Å². The van der Waals surface area contributed by atoms with E-state index in [9.17, 15) is 14.4 Å². The number of carbonyl (C=O) groups is 2. The number of pyridine rings is 1.